The molecular formula is C19H16N4O4. The number of non-ortho nitro benzene ring substituents is 1. The van der Waals surface area contributed by atoms with Gasteiger partial charge in [-0.25, -0.2) is 4.98 Å². The number of para-hydroxylation sites is 1. The fourth-order valence-corrected chi connectivity index (χ4v) is 2.64. The summed E-state index contributed by atoms with van der Waals surface area (Å²) in [5.41, 5.74) is 6.81. The van der Waals surface area contributed by atoms with Crippen molar-refractivity contribution in [1.29, 1.82) is 0 Å². The summed E-state index contributed by atoms with van der Waals surface area (Å²) in [6.07, 6.45) is 0.118. The highest BCUT2D eigenvalue weighted by atomic mass is 16.6. The van der Waals surface area contributed by atoms with Gasteiger partial charge in [-0.1, -0.05) is 36.4 Å². The van der Waals surface area contributed by atoms with Crippen molar-refractivity contribution in [1.82, 2.24) is 10.3 Å². The van der Waals surface area contributed by atoms with Gasteiger partial charge in [0.2, 0.25) is 5.91 Å². The molecule has 0 fully saturated rings. The van der Waals surface area contributed by atoms with E-state index in [1.54, 1.807) is 18.2 Å². The van der Waals surface area contributed by atoms with Crippen molar-refractivity contribution in [2.45, 2.75) is 12.5 Å². The zero-order valence-corrected chi connectivity index (χ0v) is 14.2. The van der Waals surface area contributed by atoms with E-state index in [4.69, 9.17) is 5.73 Å². The molecule has 0 bridgehead atoms. The number of amides is 2. The molecule has 27 heavy (non-hydrogen) atoms. The topological polar surface area (TPSA) is 128 Å². The Morgan fingerprint density at radius 2 is 1.78 bits per heavy atom. The predicted molar refractivity (Wildman–Crippen MR) is 99.0 cm³/mol. The van der Waals surface area contributed by atoms with Gasteiger partial charge in [0.25, 0.3) is 11.6 Å². The molecule has 0 unspecified atom stereocenters. The number of hydrogen-bond acceptors (Lipinski definition) is 5. The first kappa shape index (κ1) is 18.0. The van der Waals surface area contributed by atoms with Gasteiger partial charge in [0.05, 0.1) is 10.4 Å². The second-order valence-electron chi connectivity index (χ2n) is 5.95. The number of carbonyl (C=O) groups is 2. The van der Waals surface area contributed by atoms with E-state index in [1.165, 1.54) is 24.3 Å². The second kappa shape index (κ2) is 7.61. The lowest BCUT2D eigenvalue weighted by molar-refractivity contribution is -0.384. The molecule has 0 aliphatic rings. The molecule has 2 aromatic carbocycles. The molecule has 2 amide bonds. The molecule has 3 aromatic rings. The fraction of sp³-hybridized carbons (Fsp3) is 0.105. The highest BCUT2D eigenvalue weighted by Crippen LogP contribution is 2.14. The van der Waals surface area contributed by atoms with E-state index in [2.05, 4.69) is 10.3 Å². The molecule has 0 spiro atoms. The molecule has 0 saturated heterocycles. The third-order valence-electron chi connectivity index (χ3n) is 4.07. The summed E-state index contributed by atoms with van der Waals surface area (Å²) in [7, 11) is 0. The monoisotopic (exact) mass is 364 g/mol. The van der Waals surface area contributed by atoms with Gasteiger partial charge in [-0.2, -0.15) is 0 Å². The average Bonchev–Trinajstić information content (AvgIpc) is 2.67. The first-order valence-corrected chi connectivity index (χ1v) is 8.13. The Kier molecular flexibility index (Phi) is 5.07. The lowest BCUT2D eigenvalue weighted by atomic mass is 10.0. The maximum Gasteiger partial charge on any atom is 0.270 e. The van der Waals surface area contributed by atoms with Crippen molar-refractivity contribution in [3.05, 3.63) is 82.0 Å². The molecule has 0 saturated carbocycles. The van der Waals surface area contributed by atoms with Crippen molar-refractivity contribution < 1.29 is 14.5 Å². The Balaban J connectivity index is 1.75. The number of benzene rings is 2. The molecule has 136 valence electrons. The highest BCUT2D eigenvalue weighted by Gasteiger charge is 2.20. The van der Waals surface area contributed by atoms with Crippen molar-refractivity contribution in [3.8, 4) is 0 Å². The third-order valence-corrected chi connectivity index (χ3v) is 4.07. The lowest BCUT2D eigenvalue weighted by Gasteiger charge is -2.15. The van der Waals surface area contributed by atoms with E-state index in [0.717, 1.165) is 5.39 Å². The summed E-state index contributed by atoms with van der Waals surface area (Å²) in [4.78, 5) is 38.7. The van der Waals surface area contributed by atoms with E-state index >= 15 is 0 Å². The molecule has 8 heteroatoms. The van der Waals surface area contributed by atoms with Crippen LogP contribution in [-0.2, 0) is 11.2 Å². The molecule has 8 nitrogen and oxygen atoms in total. The van der Waals surface area contributed by atoms with E-state index in [-0.39, 0.29) is 17.8 Å². The van der Waals surface area contributed by atoms with Crippen molar-refractivity contribution in [2.24, 2.45) is 5.73 Å². The van der Waals surface area contributed by atoms with Crippen LogP contribution in [0.4, 0.5) is 5.69 Å². The van der Waals surface area contributed by atoms with Crippen LogP contribution in [0.25, 0.3) is 10.9 Å². The fourth-order valence-electron chi connectivity index (χ4n) is 2.64. The standard InChI is InChI=1S/C19H16N4O4/c20-18(24)17(11-12-5-8-14(9-6-12)23(26)27)22-19(25)16-10-7-13-3-1-2-4-15(13)21-16/h1-10,17H,11H2,(H2,20,24)(H,22,25)/t17-/m1/s1. The average molecular weight is 364 g/mol. The van der Waals surface area contributed by atoms with Gasteiger partial charge in [0.1, 0.15) is 11.7 Å². The van der Waals surface area contributed by atoms with Gasteiger partial charge in [0, 0.05) is 23.9 Å². The van der Waals surface area contributed by atoms with Crippen LogP contribution in [0.5, 0.6) is 0 Å². The van der Waals surface area contributed by atoms with Crippen LogP contribution in [0.2, 0.25) is 0 Å². The van der Waals surface area contributed by atoms with Crippen LogP contribution in [-0.4, -0.2) is 27.8 Å². The maximum atomic E-state index is 12.5. The van der Waals surface area contributed by atoms with Crippen LogP contribution in [0, 0.1) is 10.1 Å². The Hall–Kier alpha value is -3.81. The SMILES string of the molecule is NC(=O)[C@@H](Cc1ccc([N+](=O)[O-])cc1)NC(=O)c1ccc2ccccc2n1. The smallest absolute Gasteiger partial charge is 0.270 e. The lowest BCUT2D eigenvalue weighted by Crippen LogP contribution is -2.46. The molecule has 3 N–H and O–H groups in total. The number of nitro benzene ring substituents is 1. The van der Waals surface area contributed by atoms with Crippen molar-refractivity contribution >= 4 is 28.4 Å². The van der Waals surface area contributed by atoms with E-state index < -0.39 is 22.8 Å². The summed E-state index contributed by atoms with van der Waals surface area (Å²) >= 11 is 0. The summed E-state index contributed by atoms with van der Waals surface area (Å²) in [5.74, 6) is -1.23. The largest absolute Gasteiger partial charge is 0.368 e. The Morgan fingerprint density at radius 3 is 2.44 bits per heavy atom. The number of aromatic nitrogens is 1. The van der Waals surface area contributed by atoms with Crippen molar-refractivity contribution in [2.75, 3.05) is 0 Å². The number of hydrogen-bond donors (Lipinski definition) is 2. The zero-order valence-electron chi connectivity index (χ0n) is 14.2. The zero-order chi connectivity index (χ0) is 19.4. The minimum atomic E-state index is -0.966. The molecule has 1 atom stereocenters. The van der Waals surface area contributed by atoms with Crippen LogP contribution in [0.1, 0.15) is 16.1 Å². The normalized spacial score (nSPS) is 11.7. The van der Waals surface area contributed by atoms with E-state index in [1.807, 2.05) is 18.2 Å². The molecule has 0 aliphatic heterocycles. The van der Waals surface area contributed by atoms with Gasteiger partial charge in [-0.3, -0.25) is 19.7 Å². The van der Waals surface area contributed by atoms with Gasteiger partial charge < -0.3 is 11.1 Å². The van der Waals surface area contributed by atoms with E-state index in [0.29, 0.717) is 11.1 Å². The quantitative estimate of drug-likeness (QED) is 0.510. The Labute approximate surface area is 154 Å². The number of nitrogens with one attached hydrogen (secondary N) is 1. The Bertz CT molecular complexity index is 1020. The minimum Gasteiger partial charge on any atom is -0.368 e. The molecule has 1 aromatic heterocycles. The number of rotatable bonds is 6. The summed E-state index contributed by atoms with van der Waals surface area (Å²) < 4.78 is 0. The number of carbonyl (C=O) groups excluding carboxylic acids is 2. The number of fused-ring (bicyclic) bond motifs is 1. The summed E-state index contributed by atoms with van der Waals surface area (Å²) in [6.45, 7) is 0. The first-order valence-electron chi connectivity index (χ1n) is 8.13. The third kappa shape index (κ3) is 4.24. The van der Waals surface area contributed by atoms with Crippen LogP contribution >= 0.6 is 0 Å². The van der Waals surface area contributed by atoms with Crippen molar-refractivity contribution in [3.63, 3.8) is 0 Å². The maximum absolute atomic E-state index is 12.5. The molecule has 0 radical (unpaired) electrons. The molecular weight excluding hydrogens is 348 g/mol. The first-order chi connectivity index (χ1) is 12.9. The number of primary amides is 1. The van der Waals surface area contributed by atoms with Gasteiger partial charge in [0.15, 0.2) is 0 Å². The summed E-state index contributed by atoms with van der Waals surface area (Å²) in [6, 6.07) is 15.4. The molecule has 1 heterocycles. The van der Waals surface area contributed by atoms with Crippen LogP contribution < -0.4 is 11.1 Å². The number of nitro groups is 1. The minimum absolute atomic E-state index is 0.0567. The number of nitrogens with two attached hydrogens (primary N) is 1. The van der Waals surface area contributed by atoms with E-state index in [9.17, 15) is 19.7 Å². The number of pyridine rings is 1. The van der Waals surface area contributed by atoms with Gasteiger partial charge in [-0.05, 0) is 17.7 Å². The van der Waals surface area contributed by atoms with Gasteiger partial charge in [-0.15, -0.1) is 0 Å². The Morgan fingerprint density at radius 1 is 1.07 bits per heavy atom. The molecule has 0 aliphatic carbocycles. The number of nitrogens with zero attached hydrogens (tertiary/aromatic N) is 2. The second-order valence-corrected chi connectivity index (χ2v) is 5.95. The highest BCUT2D eigenvalue weighted by molar-refractivity contribution is 5.97. The van der Waals surface area contributed by atoms with Crippen LogP contribution in [0.15, 0.2) is 60.7 Å². The van der Waals surface area contributed by atoms with Gasteiger partial charge >= 0.3 is 0 Å². The molecule has 3 rings (SSSR count). The van der Waals surface area contributed by atoms with Crippen LogP contribution in [0.3, 0.4) is 0 Å². The predicted octanol–water partition coefficient (Wildman–Crippen LogP) is 1.97. The summed E-state index contributed by atoms with van der Waals surface area (Å²) in [5, 5.41) is 14.2.